The zero-order chi connectivity index (χ0) is 10.9. The first kappa shape index (κ1) is 12.8. The second kappa shape index (κ2) is 7.94. The number of nitrogens with one attached hydrogen (secondary N) is 1. The molecule has 1 aliphatic rings. The Balaban J connectivity index is 2.04. The molecule has 0 bridgehead atoms. The van der Waals surface area contributed by atoms with Gasteiger partial charge in [0.1, 0.15) is 0 Å². The summed E-state index contributed by atoms with van der Waals surface area (Å²) in [7, 11) is 0. The van der Waals surface area contributed by atoms with E-state index in [0.29, 0.717) is 5.78 Å². The van der Waals surface area contributed by atoms with Crippen molar-refractivity contribution in [3.8, 4) is 0 Å². The highest BCUT2D eigenvalue weighted by Crippen LogP contribution is 2.11. The molecule has 1 aliphatic heterocycles. The van der Waals surface area contributed by atoms with Crippen molar-refractivity contribution in [3.63, 3.8) is 0 Å². The molecule has 0 spiro atoms. The van der Waals surface area contributed by atoms with Crippen LogP contribution in [0.5, 0.6) is 0 Å². The first-order valence-corrected chi connectivity index (χ1v) is 6.95. The summed E-state index contributed by atoms with van der Waals surface area (Å²) in [6, 6.07) is 0.128. The number of hydrogen-bond acceptors (Lipinski definition) is 3. The van der Waals surface area contributed by atoms with Gasteiger partial charge in [0, 0.05) is 24.5 Å². The van der Waals surface area contributed by atoms with Gasteiger partial charge in [-0.25, -0.2) is 0 Å². The fraction of sp³-hybridized carbons (Fsp3) is 0.750. The minimum Gasteiger partial charge on any atom is -0.306 e. The SMILES string of the molecule is C=CCCCCCC(=O)C1CSCCN1. The van der Waals surface area contributed by atoms with E-state index in [4.69, 9.17) is 0 Å². The average molecular weight is 227 g/mol. The molecule has 0 saturated carbocycles. The van der Waals surface area contributed by atoms with Crippen LogP contribution in [0.2, 0.25) is 0 Å². The lowest BCUT2D eigenvalue weighted by Crippen LogP contribution is -2.43. The fourth-order valence-corrected chi connectivity index (χ4v) is 2.68. The van der Waals surface area contributed by atoms with Gasteiger partial charge < -0.3 is 5.32 Å². The normalized spacial score (nSPS) is 21.2. The third-order valence-corrected chi connectivity index (χ3v) is 3.70. The average Bonchev–Trinajstić information content (AvgIpc) is 2.30. The maximum absolute atomic E-state index is 11.7. The number of carbonyl (C=O) groups excluding carboxylic acids is 1. The summed E-state index contributed by atoms with van der Waals surface area (Å²) in [4.78, 5) is 11.7. The summed E-state index contributed by atoms with van der Waals surface area (Å²) in [5.41, 5.74) is 0. The first-order valence-electron chi connectivity index (χ1n) is 5.79. The maximum atomic E-state index is 11.7. The topological polar surface area (TPSA) is 29.1 Å². The van der Waals surface area contributed by atoms with Crippen molar-refractivity contribution in [2.24, 2.45) is 0 Å². The molecule has 2 nitrogen and oxygen atoms in total. The molecule has 1 rings (SSSR count). The quantitative estimate of drug-likeness (QED) is 0.535. The van der Waals surface area contributed by atoms with Crippen LogP contribution in [0.1, 0.15) is 32.1 Å². The molecule has 1 fully saturated rings. The fourth-order valence-electron chi connectivity index (χ4n) is 1.71. The summed E-state index contributed by atoms with van der Waals surface area (Å²) in [6.07, 6.45) is 7.12. The third-order valence-electron chi connectivity index (χ3n) is 2.64. The number of Topliss-reactive ketones (excluding diaryl/α,β-unsaturated/α-hetero) is 1. The minimum absolute atomic E-state index is 0.128. The Morgan fingerprint density at radius 2 is 2.33 bits per heavy atom. The summed E-state index contributed by atoms with van der Waals surface area (Å²) in [5, 5.41) is 3.28. The van der Waals surface area contributed by atoms with Crippen molar-refractivity contribution in [3.05, 3.63) is 12.7 Å². The number of ketones is 1. The van der Waals surface area contributed by atoms with E-state index >= 15 is 0 Å². The highest BCUT2D eigenvalue weighted by molar-refractivity contribution is 7.99. The lowest BCUT2D eigenvalue weighted by Gasteiger charge is -2.21. The van der Waals surface area contributed by atoms with E-state index in [1.165, 1.54) is 6.42 Å². The molecule has 0 amide bonds. The summed E-state index contributed by atoms with van der Waals surface area (Å²) < 4.78 is 0. The van der Waals surface area contributed by atoms with Crippen molar-refractivity contribution < 1.29 is 4.79 Å². The van der Waals surface area contributed by atoms with Gasteiger partial charge in [-0.1, -0.05) is 12.5 Å². The Bertz CT molecular complexity index is 200. The van der Waals surface area contributed by atoms with Crippen LogP contribution in [0.3, 0.4) is 0 Å². The molecule has 1 heterocycles. The number of thioether (sulfide) groups is 1. The first-order chi connectivity index (χ1) is 7.34. The molecule has 1 atom stereocenters. The standard InChI is InChI=1S/C12H21NOS/c1-2-3-4-5-6-7-12(14)11-10-15-9-8-13-11/h2,11,13H,1,3-10H2. The van der Waals surface area contributed by atoms with Crippen molar-refractivity contribution in [1.82, 2.24) is 5.32 Å². The molecule has 1 unspecified atom stereocenters. The molecule has 0 aromatic rings. The smallest absolute Gasteiger partial charge is 0.150 e. The van der Waals surface area contributed by atoms with Crippen LogP contribution >= 0.6 is 11.8 Å². The number of allylic oxidation sites excluding steroid dienone is 1. The van der Waals surface area contributed by atoms with Gasteiger partial charge in [-0.05, 0) is 19.3 Å². The van der Waals surface area contributed by atoms with Crippen molar-refractivity contribution in [2.75, 3.05) is 18.1 Å². The van der Waals surface area contributed by atoms with Crippen molar-refractivity contribution in [1.29, 1.82) is 0 Å². The lowest BCUT2D eigenvalue weighted by molar-refractivity contribution is -0.120. The van der Waals surface area contributed by atoms with Crippen LogP contribution < -0.4 is 5.32 Å². The zero-order valence-corrected chi connectivity index (χ0v) is 10.2. The molecule has 3 heteroatoms. The lowest BCUT2D eigenvalue weighted by atomic mass is 10.1. The number of carbonyl (C=O) groups is 1. The van der Waals surface area contributed by atoms with Crippen LogP contribution in [0, 0.1) is 0 Å². The maximum Gasteiger partial charge on any atom is 0.150 e. The monoisotopic (exact) mass is 227 g/mol. The second-order valence-corrected chi connectivity index (χ2v) is 5.09. The van der Waals surface area contributed by atoms with Crippen LogP contribution in [0.25, 0.3) is 0 Å². The van der Waals surface area contributed by atoms with Gasteiger partial charge in [0.15, 0.2) is 5.78 Å². The van der Waals surface area contributed by atoms with E-state index in [2.05, 4.69) is 11.9 Å². The van der Waals surface area contributed by atoms with Gasteiger partial charge in [-0.3, -0.25) is 4.79 Å². The molecule has 0 aromatic heterocycles. The summed E-state index contributed by atoms with van der Waals surface area (Å²) in [6.45, 7) is 4.67. The molecule has 1 saturated heterocycles. The summed E-state index contributed by atoms with van der Waals surface area (Å²) >= 11 is 1.88. The Hall–Kier alpha value is -0.280. The van der Waals surface area contributed by atoms with Crippen molar-refractivity contribution in [2.45, 2.75) is 38.1 Å². The van der Waals surface area contributed by atoms with Gasteiger partial charge in [-0.2, -0.15) is 11.8 Å². The Kier molecular flexibility index (Phi) is 6.77. The highest BCUT2D eigenvalue weighted by Gasteiger charge is 2.19. The number of hydrogen-bond donors (Lipinski definition) is 1. The molecular formula is C12H21NOS. The minimum atomic E-state index is 0.128. The number of rotatable bonds is 7. The van der Waals surface area contributed by atoms with Crippen molar-refractivity contribution >= 4 is 17.5 Å². The van der Waals surface area contributed by atoms with E-state index in [1.807, 2.05) is 17.8 Å². The molecule has 15 heavy (non-hydrogen) atoms. The molecular weight excluding hydrogens is 206 g/mol. The highest BCUT2D eigenvalue weighted by atomic mass is 32.2. The van der Waals surface area contributed by atoms with E-state index in [1.54, 1.807) is 0 Å². The van der Waals surface area contributed by atoms with Crippen LogP contribution in [-0.2, 0) is 4.79 Å². The van der Waals surface area contributed by atoms with E-state index in [9.17, 15) is 4.79 Å². The largest absolute Gasteiger partial charge is 0.306 e. The molecule has 0 radical (unpaired) electrons. The van der Waals surface area contributed by atoms with E-state index in [0.717, 1.165) is 43.7 Å². The van der Waals surface area contributed by atoms with Gasteiger partial charge in [-0.15, -0.1) is 6.58 Å². The van der Waals surface area contributed by atoms with Gasteiger partial charge >= 0.3 is 0 Å². The van der Waals surface area contributed by atoms with Crippen LogP contribution in [-0.4, -0.2) is 29.9 Å². The van der Waals surface area contributed by atoms with Gasteiger partial charge in [0.2, 0.25) is 0 Å². The Labute approximate surface area is 96.9 Å². The number of unbranched alkanes of at least 4 members (excludes halogenated alkanes) is 3. The van der Waals surface area contributed by atoms with E-state index < -0.39 is 0 Å². The zero-order valence-electron chi connectivity index (χ0n) is 9.34. The van der Waals surface area contributed by atoms with Crippen LogP contribution in [0.15, 0.2) is 12.7 Å². The molecule has 0 aliphatic carbocycles. The molecule has 0 aromatic carbocycles. The predicted molar refractivity (Wildman–Crippen MR) is 67.4 cm³/mol. The van der Waals surface area contributed by atoms with E-state index in [-0.39, 0.29) is 6.04 Å². The Morgan fingerprint density at radius 3 is 3.00 bits per heavy atom. The summed E-state index contributed by atoms with van der Waals surface area (Å²) in [5.74, 6) is 2.51. The van der Waals surface area contributed by atoms with Crippen LogP contribution in [0.4, 0.5) is 0 Å². The molecule has 86 valence electrons. The molecule has 1 N–H and O–H groups in total. The second-order valence-electron chi connectivity index (χ2n) is 3.94. The van der Waals surface area contributed by atoms with Gasteiger partial charge in [0.05, 0.1) is 6.04 Å². The van der Waals surface area contributed by atoms with Gasteiger partial charge in [0.25, 0.3) is 0 Å². The Morgan fingerprint density at radius 1 is 1.47 bits per heavy atom. The predicted octanol–water partition coefficient (Wildman–Crippen LogP) is 2.40. The third kappa shape index (κ3) is 5.38.